The van der Waals surface area contributed by atoms with Gasteiger partial charge in [0, 0.05) is 38.8 Å². The lowest BCUT2D eigenvalue weighted by atomic mass is 9.72. The fourth-order valence-electron chi connectivity index (χ4n) is 3.68. The van der Waals surface area contributed by atoms with Crippen LogP contribution in [0.1, 0.15) is 36.7 Å². The van der Waals surface area contributed by atoms with Crippen molar-refractivity contribution < 1.29 is 4.74 Å². The predicted molar refractivity (Wildman–Crippen MR) is 122 cm³/mol. The Morgan fingerprint density at radius 1 is 1.25 bits per heavy atom. The zero-order chi connectivity index (χ0) is 19.1. The Bertz CT molecular complexity index is 770. The van der Waals surface area contributed by atoms with Gasteiger partial charge in [0.15, 0.2) is 5.96 Å². The first kappa shape index (κ1) is 22.6. The number of aromatic nitrogens is 3. The number of aryl methyl sites for hydroxylation is 2. The van der Waals surface area contributed by atoms with Crippen molar-refractivity contribution in [1.82, 2.24) is 25.4 Å². The molecular weight excluding hydrogens is 467 g/mol. The van der Waals surface area contributed by atoms with Crippen molar-refractivity contribution in [1.29, 1.82) is 0 Å². The van der Waals surface area contributed by atoms with Gasteiger partial charge in [-0.05, 0) is 37.8 Å². The maximum atomic E-state index is 5.66. The van der Waals surface area contributed by atoms with Gasteiger partial charge in [-0.1, -0.05) is 24.3 Å². The van der Waals surface area contributed by atoms with E-state index in [0.717, 1.165) is 50.9 Å². The number of nitrogens with one attached hydrogen (secondary N) is 2. The molecule has 2 aromatic rings. The smallest absolute Gasteiger partial charge is 0.191 e. The SMILES string of the molecule is CCNC(=NCc1ncnn1C)NCC1(c2ccccc2C)CCOCC1.I. The molecule has 0 amide bonds. The lowest BCUT2D eigenvalue weighted by Gasteiger charge is -2.39. The molecule has 0 radical (unpaired) electrons. The summed E-state index contributed by atoms with van der Waals surface area (Å²) >= 11 is 0. The molecule has 1 fully saturated rings. The zero-order valence-electron chi connectivity index (χ0n) is 16.9. The van der Waals surface area contributed by atoms with Gasteiger partial charge in [-0.2, -0.15) is 5.10 Å². The summed E-state index contributed by atoms with van der Waals surface area (Å²) in [5, 5.41) is 11.0. The van der Waals surface area contributed by atoms with Gasteiger partial charge in [-0.15, -0.1) is 24.0 Å². The Balaban J connectivity index is 0.00000280. The Morgan fingerprint density at radius 3 is 2.64 bits per heavy atom. The fraction of sp³-hybridized carbons (Fsp3) is 0.550. The minimum absolute atomic E-state index is 0. The number of hydrogen-bond acceptors (Lipinski definition) is 4. The summed E-state index contributed by atoms with van der Waals surface area (Å²) in [4.78, 5) is 8.93. The summed E-state index contributed by atoms with van der Waals surface area (Å²) in [5.41, 5.74) is 2.80. The molecule has 1 aromatic heterocycles. The van der Waals surface area contributed by atoms with Crippen LogP contribution >= 0.6 is 24.0 Å². The molecule has 2 N–H and O–H groups in total. The number of aliphatic imine (C=N–C) groups is 1. The van der Waals surface area contributed by atoms with Crippen molar-refractivity contribution in [2.75, 3.05) is 26.3 Å². The highest BCUT2D eigenvalue weighted by Crippen LogP contribution is 2.36. The molecule has 2 heterocycles. The normalized spacial score (nSPS) is 16.3. The second kappa shape index (κ2) is 10.8. The molecule has 0 unspecified atom stereocenters. The summed E-state index contributed by atoms with van der Waals surface area (Å²) < 4.78 is 7.41. The Morgan fingerprint density at radius 2 is 2.00 bits per heavy atom. The second-order valence-electron chi connectivity index (χ2n) is 7.06. The highest BCUT2D eigenvalue weighted by Gasteiger charge is 2.35. The van der Waals surface area contributed by atoms with Crippen molar-refractivity contribution >= 4 is 29.9 Å². The predicted octanol–water partition coefficient (Wildman–Crippen LogP) is 2.55. The summed E-state index contributed by atoms with van der Waals surface area (Å²) in [7, 11) is 1.88. The van der Waals surface area contributed by atoms with Crippen LogP contribution in [0.5, 0.6) is 0 Å². The molecule has 154 valence electrons. The maximum Gasteiger partial charge on any atom is 0.191 e. The zero-order valence-corrected chi connectivity index (χ0v) is 19.3. The summed E-state index contributed by atoms with van der Waals surface area (Å²) in [5.74, 6) is 1.65. The van der Waals surface area contributed by atoms with Gasteiger partial charge in [0.1, 0.15) is 18.7 Å². The summed E-state index contributed by atoms with van der Waals surface area (Å²) in [6.07, 6.45) is 3.57. The van der Waals surface area contributed by atoms with Gasteiger partial charge in [-0.3, -0.25) is 4.68 Å². The lowest BCUT2D eigenvalue weighted by Crippen LogP contribution is -2.48. The monoisotopic (exact) mass is 498 g/mol. The molecule has 0 bridgehead atoms. The topological polar surface area (TPSA) is 76.4 Å². The first-order valence-electron chi connectivity index (χ1n) is 9.63. The molecule has 7 nitrogen and oxygen atoms in total. The number of halogens is 1. The van der Waals surface area contributed by atoms with Crippen molar-refractivity contribution in [2.24, 2.45) is 12.0 Å². The van der Waals surface area contributed by atoms with Gasteiger partial charge in [0.25, 0.3) is 0 Å². The van der Waals surface area contributed by atoms with Crippen LogP contribution in [0.4, 0.5) is 0 Å². The number of hydrogen-bond donors (Lipinski definition) is 2. The molecule has 1 aromatic carbocycles. The molecular formula is C20H31IN6O. The molecule has 0 atom stereocenters. The van der Waals surface area contributed by atoms with E-state index in [0.29, 0.717) is 6.54 Å². The average molecular weight is 498 g/mol. The van der Waals surface area contributed by atoms with Gasteiger partial charge in [0.2, 0.25) is 0 Å². The number of ether oxygens (including phenoxy) is 1. The van der Waals surface area contributed by atoms with Crippen LogP contribution in [-0.4, -0.2) is 47.0 Å². The third kappa shape index (κ3) is 5.44. The van der Waals surface area contributed by atoms with E-state index in [4.69, 9.17) is 4.74 Å². The van der Waals surface area contributed by atoms with Crippen LogP contribution in [0.2, 0.25) is 0 Å². The molecule has 0 spiro atoms. The van der Waals surface area contributed by atoms with E-state index in [1.54, 1.807) is 11.0 Å². The van der Waals surface area contributed by atoms with Crippen LogP contribution in [0.25, 0.3) is 0 Å². The van der Waals surface area contributed by atoms with Crippen molar-refractivity contribution in [3.8, 4) is 0 Å². The Hall–Kier alpha value is -1.68. The largest absolute Gasteiger partial charge is 0.381 e. The van der Waals surface area contributed by atoms with Crippen molar-refractivity contribution in [3.05, 3.63) is 47.5 Å². The maximum absolute atomic E-state index is 5.66. The minimum Gasteiger partial charge on any atom is -0.381 e. The molecule has 1 aliphatic heterocycles. The van der Waals surface area contributed by atoms with Gasteiger partial charge >= 0.3 is 0 Å². The van der Waals surface area contributed by atoms with Crippen molar-refractivity contribution in [3.63, 3.8) is 0 Å². The Labute approximate surface area is 184 Å². The van der Waals surface area contributed by atoms with Gasteiger partial charge in [-0.25, -0.2) is 9.98 Å². The standard InChI is InChI=1S/C20H30N6O.HI/c1-4-21-19(22-13-18-24-15-25-26(18)3)23-14-20(9-11-27-12-10-20)17-8-6-5-7-16(17)2;/h5-8,15H,4,9-14H2,1-3H3,(H2,21,22,23);1H. The molecule has 0 saturated carbocycles. The van der Waals surface area contributed by atoms with E-state index in [-0.39, 0.29) is 29.4 Å². The first-order chi connectivity index (χ1) is 13.1. The van der Waals surface area contributed by atoms with Crippen LogP contribution in [0, 0.1) is 6.92 Å². The van der Waals surface area contributed by atoms with E-state index >= 15 is 0 Å². The summed E-state index contributed by atoms with van der Waals surface area (Å²) in [6, 6.07) is 8.69. The molecule has 8 heteroatoms. The van der Waals surface area contributed by atoms with Crippen molar-refractivity contribution in [2.45, 2.75) is 38.6 Å². The van der Waals surface area contributed by atoms with Crippen LogP contribution < -0.4 is 10.6 Å². The fourth-order valence-corrected chi connectivity index (χ4v) is 3.68. The molecule has 3 rings (SSSR count). The average Bonchev–Trinajstić information content (AvgIpc) is 3.10. The molecule has 28 heavy (non-hydrogen) atoms. The van der Waals surface area contributed by atoms with Gasteiger partial charge in [0.05, 0.1) is 0 Å². The Kier molecular flexibility index (Phi) is 8.68. The quantitative estimate of drug-likeness (QED) is 0.364. The van der Waals surface area contributed by atoms with E-state index in [9.17, 15) is 0 Å². The first-order valence-corrected chi connectivity index (χ1v) is 9.63. The van der Waals surface area contributed by atoms with E-state index in [2.05, 4.69) is 63.8 Å². The van der Waals surface area contributed by atoms with Crippen LogP contribution in [0.3, 0.4) is 0 Å². The highest BCUT2D eigenvalue weighted by molar-refractivity contribution is 14.0. The lowest BCUT2D eigenvalue weighted by molar-refractivity contribution is 0.0512. The molecule has 1 aliphatic rings. The number of rotatable bonds is 6. The minimum atomic E-state index is 0. The van der Waals surface area contributed by atoms with E-state index in [1.807, 2.05) is 7.05 Å². The number of guanidine groups is 1. The third-order valence-corrected chi connectivity index (χ3v) is 5.29. The van der Waals surface area contributed by atoms with Gasteiger partial charge < -0.3 is 15.4 Å². The highest BCUT2D eigenvalue weighted by atomic mass is 127. The number of nitrogens with zero attached hydrogens (tertiary/aromatic N) is 4. The molecule has 0 aliphatic carbocycles. The number of benzene rings is 1. The molecule has 1 saturated heterocycles. The van der Waals surface area contributed by atoms with Crippen LogP contribution in [-0.2, 0) is 23.7 Å². The van der Waals surface area contributed by atoms with E-state index in [1.165, 1.54) is 11.1 Å². The summed E-state index contributed by atoms with van der Waals surface area (Å²) in [6.45, 7) is 7.99. The van der Waals surface area contributed by atoms with E-state index < -0.39 is 0 Å². The second-order valence-corrected chi connectivity index (χ2v) is 7.06. The third-order valence-electron chi connectivity index (χ3n) is 5.29. The van der Waals surface area contributed by atoms with Crippen LogP contribution in [0.15, 0.2) is 35.6 Å².